The lowest BCUT2D eigenvalue weighted by molar-refractivity contribution is -0.153. The smallest absolute Gasteiger partial charge is 0.246 e. The molecule has 6 atom stereocenters. The SMILES string of the molecule is NC(N)=NCCC[C@@H]1NC(=O)[C@@H]2C[C@@H]3CCCC[C@@H]3N2C(=O)[C@H]2Cc3ccccc3CN2C(=O)[C@H](Cc2cccs2)NC(=O)CCCNC1=O. The Labute approximate surface area is 296 Å². The Bertz CT molecular complexity index is 1590. The minimum atomic E-state index is -0.887. The molecule has 0 unspecified atom stereocenters. The molecule has 3 aliphatic heterocycles. The first-order chi connectivity index (χ1) is 24.2. The Balaban J connectivity index is 1.36. The van der Waals surface area contributed by atoms with Crippen LogP contribution in [0.2, 0.25) is 0 Å². The fraction of sp³-hybridized carbons (Fsp3) is 0.556. The van der Waals surface area contributed by atoms with E-state index in [0.29, 0.717) is 38.6 Å². The molecular weight excluding hydrogens is 657 g/mol. The van der Waals surface area contributed by atoms with Gasteiger partial charge in [-0.15, -0.1) is 11.3 Å². The summed E-state index contributed by atoms with van der Waals surface area (Å²) in [6.07, 6.45) is 5.90. The van der Waals surface area contributed by atoms with E-state index >= 15 is 4.79 Å². The molecule has 1 aromatic heterocycles. The van der Waals surface area contributed by atoms with Gasteiger partial charge in [0.2, 0.25) is 29.5 Å². The van der Waals surface area contributed by atoms with Crippen LogP contribution in [0.5, 0.6) is 0 Å². The van der Waals surface area contributed by atoms with Crippen LogP contribution in [0.4, 0.5) is 0 Å². The molecule has 5 amide bonds. The lowest BCUT2D eigenvalue weighted by Crippen LogP contribution is -2.62. The fourth-order valence-electron chi connectivity index (χ4n) is 8.08. The van der Waals surface area contributed by atoms with Crippen LogP contribution < -0.4 is 27.4 Å². The molecule has 13 nitrogen and oxygen atoms in total. The molecule has 1 aromatic carbocycles. The summed E-state index contributed by atoms with van der Waals surface area (Å²) in [5, 5.41) is 10.7. The topological polar surface area (TPSA) is 192 Å². The number of rotatable bonds is 6. The molecule has 7 N–H and O–H groups in total. The number of nitrogens with one attached hydrogen (secondary N) is 3. The number of aliphatic imine (C=N–C) groups is 1. The molecule has 268 valence electrons. The third-order valence-corrected chi connectivity index (χ3v) is 11.4. The number of hydrogen-bond acceptors (Lipinski definition) is 7. The van der Waals surface area contributed by atoms with Crippen LogP contribution in [-0.4, -0.2) is 88.6 Å². The molecule has 14 heteroatoms. The highest BCUT2D eigenvalue weighted by atomic mass is 32.1. The number of nitrogens with zero attached hydrogens (tertiary/aromatic N) is 3. The Hall–Kier alpha value is -4.46. The van der Waals surface area contributed by atoms with Crippen molar-refractivity contribution >= 4 is 46.8 Å². The molecule has 2 aromatic rings. The molecule has 0 radical (unpaired) electrons. The highest BCUT2D eigenvalue weighted by Gasteiger charge is 2.51. The van der Waals surface area contributed by atoms with Crippen LogP contribution in [0.15, 0.2) is 46.8 Å². The maximum atomic E-state index is 15.0. The molecule has 1 saturated carbocycles. The molecule has 1 aliphatic carbocycles. The highest BCUT2D eigenvalue weighted by Crippen LogP contribution is 2.41. The van der Waals surface area contributed by atoms with Crippen molar-refractivity contribution in [3.63, 3.8) is 0 Å². The van der Waals surface area contributed by atoms with Crippen LogP contribution in [0, 0.1) is 5.92 Å². The van der Waals surface area contributed by atoms with Crippen molar-refractivity contribution in [1.29, 1.82) is 0 Å². The second kappa shape index (κ2) is 16.0. The van der Waals surface area contributed by atoms with Crippen molar-refractivity contribution in [3.8, 4) is 0 Å². The lowest BCUT2D eigenvalue weighted by atomic mass is 9.84. The van der Waals surface area contributed by atoms with Gasteiger partial charge in [0.1, 0.15) is 24.2 Å². The van der Waals surface area contributed by atoms with Gasteiger partial charge >= 0.3 is 0 Å². The maximum absolute atomic E-state index is 15.0. The third kappa shape index (κ3) is 8.11. The summed E-state index contributed by atoms with van der Waals surface area (Å²) in [6, 6.07) is 8.11. The molecule has 4 aliphatic rings. The van der Waals surface area contributed by atoms with Crippen LogP contribution in [0.1, 0.15) is 73.8 Å². The van der Waals surface area contributed by atoms with E-state index in [2.05, 4.69) is 20.9 Å². The minimum Gasteiger partial charge on any atom is -0.370 e. The van der Waals surface area contributed by atoms with Crippen molar-refractivity contribution < 1.29 is 24.0 Å². The first-order valence-corrected chi connectivity index (χ1v) is 18.7. The van der Waals surface area contributed by atoms with Crippen LogP contribution >= 0.6 is 11.3 Å². The molecule has 3 fully saturated rings. The monoisotopic (exact) mass is 704 g/mol. The van der Waals surface area contributed by atoms with E-state index in [9.17, 15) is 19.2 Å². The molecule has 0 spiro atoms. The molecule has 6 rings (SSSR count). The molecular formula is C36H48N8O5S. The summed E-state index contributed by atoms with van der Waals surface area (Å²) in [6.45, 7) is 0.719. The number of benzene rings is 1. The Morgan fingerprint density at radius 1 is 0.880 bits per heavy atom. The van der Waals surface area contributed by atoms with Gasteiger partial charge in [0.05, 0.1) is 0 Å². The number of fused-ring (bicyclic) bond motifs is 5. The second-order valence-electron chi connectivity index (χ2n) is 13.9. The lowest BCUT2D eigenvalue weighted by Gasteiger charge is -2.42. The van der Waals surface area contributed by atoms with Gasteiger partial charge in [-0.3, -0.25) is 29.0 Å². The zero-order valence-corrected chi connectivity index (χ0v) is 29.2. The van der Waals surface area contributed by atoms with E-state index < -0.39 is 24.2 Å². The standard InChI is InChI=1S/C36H48N8O5S/c37-36(38)40-16-5-12-26-32(46)39-15-6-14-31(45)41-27(20-25-11-7-17-50-25)34(48)43-21-24-10-2-1-8-22(24)18-30(43)35(49)44-28-13-4-3-9-23(28)19-29(44)33(47)42-26/h1-2,7-8,10-11,17,23,26-30H,3-6,9,12-16,18-21H2,(H,39,46)(H,41,45)(H,42,47)(H4,37,38,40)/t23-,26-,27-,28-,29-,30+/m0/s1. The Morgan fingerprint density at radius 2 is 1.68 bits per heavy atom. The second-order valence-corrected chi connectivity index (χ2v) is 14.9. The minimum absolute atomic E-state index is 0.0520. The molecule has 0 bridgehead atoms. The number of amides is 5. The van der Waals surface area contributed by atoms with Gasteiger partial charge in [0.25, 0.3) is 0 Å². The van der Waals surface area contributed by atoms with E-state index in [-0.39, 0.29) is 73.4 Å². The van der Waals surface area contributed by atoms with Gasteiger partial charge in [0.15, 0.2) is 5.96 Å². The van der Waals surface area contributed by atoms with Crippen LogP contribution in [0.3, 0.4) is 0 Å². The van der Waals surface area contributed by atoms with E-state index in [0.717, 1.165) is 41.7 Å². The predicted molar refractivity (Wildman–Crippen MR) is 190 cm³/mol. The maximum Gasteiger partial charge on any atom is 0.246 e. The van der Waals surface area contributed by atoms with Crippen molar-refractivity contribution in [1.82, 2.24) is 25.8 Å². The predicted octanol–water partition coefficient (Wildman–Crippen LogP) is 1.34. The molecule has 50 heavy (non-hydrogen) atoms. The van der Waals surface area contributed by atoms with Crippen LogP contribution in [0.25, 0.3) is 0 Å². The van der Waals surface area contributed by atoms with Gasteiger partial charge in [-0.2, -0.15) is 0 Å². The summed E-state index contributed by atoms with van der Waals surface area (Å²) in [4.78, 5) is 79.0. The van der Waals surface area contributed by atoms with E-state index in [1.54, 1.807) is 9.80 Å². The van der Waals surface area contributed by atoms with E-state index in [1.807, 2.05) is 41.8 Å². The van der Waals surface area contributed by atoms with Gasteiger partial charge in [0, 0.05) is 49.8 Å². The summed E-state index contributed by atoms with van der Waals surface area (Å²) >= 11 is 1.51. The highest BCUT2D eigenvalue weighted by molar-refractivity contribution is 7.09. The van der Waals surface area contributed by atoms with Crippen molar-refractivity contribution in [2.45, 2.75) is 107 Å². The summed E-state index contributed by atoms with van der Waals surface area (Å²) in [5.74, 6) is -1.55. The number of guanidine groups is 1. The fourth-order valence-corrected chi connectivity index (χ4v) is 8.83. The average molecular weight is 705 g/mol. The van der Waals surface area contributed by atoms with Gasteiger partial charge in [-0.25, -0.2) is 0 Å². The molecule has 4 heterocycles. The Morgan fingerprint density at radius 3 is 2.46 bits per heavy atom. The van der Waals surface area contributed by atoms with Gasteiger partial charge < -0.3 is 37.2 Å². The first-order valence-electron chi connectivity index (χ1n) is 17.8. The van der Waals surface area contributed by atoms with Crippen molar-refractivity contribution in [2.24, 2.45) is 22.4 Å². The first kappa shape index (κ1) is 35.4. The summed E-state index contributed by atoms with van der Waals surface area (Å²) in [5.41, 5.74) is 12.9. The normalized spacial score (nSPS) is 27.9. The number of thiophene rings is 1. The van der Waals surface area contributed by atoms with Crippen LogP contribution in [-0.2, 0) is 43.4 Å². The molecule has 2 saturated heterocycles. The average Bonchev–Trinajstić information content (AvgIpc) is 3.77. The third-order valence-electron chi connectivity index (χ3n) is 10.5. The van der Waals surface area contributed by atoms with Crippen molar-refractivity contribution in [2.75, 3.05) is 13.1 Å². The van der Waals surface area contributed by atoms with E-state index in [1.165, 1.54) is 11.3 Å². The Kier molecular flexibility index (Phi) is 11.4. The van der Waals surface area contributed by atoms with E-state index in [4.69, 9.17) is 11.5 Å². The van der Waals surface area contributed by atoms with Gasteiger partial charge in [-0.1, -0.05) is 43.2 Å². The van der Waals surface area contributed by atoms with Gasteiger partial charge in [-0.05, 0) is 67.0 Å². The number of nitrogens with two attached hydrogens (primary N) is 2. The quantitative estimate of drug-likeness (QED) is 0.170. The largest absolute Gasteiger partial charge is 0.370 e. The summed E-state index contributed by atoms with van der Waals surface area (Å²) in [7, 11) is 0. The number of carbonyl (C=O) groups is 5. The zero-order valence-electron chi connectivity index (χ0n) is 28.4. The number of carbonyl (C=O) groups excluding carboxylic acids is 5. The zero-order chi connectivity index (χ0) is 35.2. The van der Waals surface area contributed by atoms with Crippen molar-refractivity contribution in [3.05, 3.63) is 57.8 Å². The number of hydrogen-bond donors (Lipinski definition) is 5. The summed E-state index contributed by atoms with van der Waals surface area (Å²) < 4.78 is 0.